The summed E-state index contributed by atoms with van der Waals surface area (Å²) in [5.41, 5.74) is 0.653. The molecule has 0 fully saturated rings. The van der Waals surface area contributed by atoms with Crippen molar-refractivity contribution in [2.45, 2.75) is 19.8 Å². The van der Waals surface area contributed by atoms with Gasteiger partial charge in [0.05, 0.1) is 21.3 Å². The minimum atomic E-state index is -2.76. The highest BCUT2D eigenvalue weighted by Gasteiger charge is 2.25. The quantitative estimate of drug-likeness (QED) is 0.775. The zero-order chi connectivity index (χ0) is 15.7. The van der Waals surface area contributed by atoms with Crippen molar-refractivity contribution in [3.63, 3.8) is 0 Å². The molecule has 2 aromatic rings. The number of Topliss-reactive ketones (excluding diaryl/α,β-unsaturated/α-hetero) is 1. The zero-order valence-electron chi connectivity index (χ0n) is 11.3. The van der Waals surface area contributed by atoms with Crippen LogP contribution < -0.4 is 0 Å². The van der Waals surface area contributed by atoms with E-state index in [9.17, 15) is 13.6 Å². The number of alkyl halides is 2. The number of hydrogen-bond donors (Lipinski definition) is 0. The van der Waals surface area contributed by atoms with Crippen molar-refractivity contribution < 1.29 is 13.6 Å². The number of nitrogens with zero attached hydrogens (tertiary/aromatic N) is 2. The van der Waals surface area contributed by atoms with Crippen molar-refractivity contribution in [1.82, 2.24) is 9.78 Å². The summed E-state index contributed by atoms with van der Waals surface area (Å²) >= 11 is 11.8. The Hall–Kier alpha value is -1.46. The van der Waals surface area contributed by atoms with Crippen LogP contribution in [-0.4, -0.2) is 15.6 Å². The fraction of sp³-hybridized carbons (Fsp3) is 0.286. The van der Waals surface area contributed by atoms with Crippen LogP contribution in [0.3, 0.4) is 0 Å². The van der Waals surface area contributed by atoms with Crippen LogP contribution in [0, 0.1) is 0 Å². The Morgan fingerprint density at radius 1 is 1.33 bits per heavy atom. The summed E-state index contributed by atoms with van der Waals surface area (Å²) in [6.45, 7) is 1.25. The van der Waals surface area contributed by atoms with Crippen LogP contribution in [0.5, 0.6) is 0 Å². The Labute approximate surface area is 130 Å². The molecule has 0 aliphatic heterocycles. The second-order valence-corrected chi connectivity index (χ2v) is 5.43. The van der Waals surface area contributed by atoms with Crippen LogP contribution in [0.25, 0.3) is 0 Å². The van der Waals surface area contributed by atoms with Gasteiger partial charge in [-0.1, -0.05) is 29.3 Å². The molecular formula is C14H12Cl2F2N2O. The number of halogens is 4. The third-order valence-corrected chi connectivity index (χ3v) is 3.82. The lowest BCUT2D eigenvalue weighted by molar-refractivity contribution is 0.0994. The van der Waals surface area contributed by atoms with Gasteiger partial charge in [-0.05, 0) is 24.6 Å². The van der Waals surface area contributed by atoms with Crippen molar-refractivity contribution in [3.05, 3.63) is 50.8 Å². The van der Waals surface area contributed by atoms with Crippen molar-refractivity contribution >= 4 is 29.0 Å². The lowest BCUT2D eigenvalue weighted by atomic mass is 10.0. The van der Waals surface area contributed by atoms with E-state index in [1.165, 1.54) is 14.0 Å². The van der Waals surface area contributed by atoms with Crippen LogP contribution >= 0.6 is 23.2 Å². The fourth-order valence-electron chi connectivity index (χ4n) is 2.20. The molecule has 21 heavy (non-hydrogen) atoms. The van der Waals surface area contributed by atoms with E-state index in [4.69, 9.17) is 23.2 Å². The van der Waals surface area contributed by atoms with Gasteiger partial charge in [0.1, 0.15) is 5.69 Å². The summed E-state index contributed by atoms with van der Waals surface area (Å²) in [5, 5.41) is 4.81. The van der Waals surface area contributed by atoms with Gasteiger partial charge in [0.2, 0.25) is 0 Å². The van der Waals surface area contributed by atoms with Gasteiger partial charge in [-0.2, -0.15) is 5.10 Å². The second kappa shape index (κ2) is 6.12. The first kappa shape index (κ1) is 15.9. The zero-order valence-corrected chi connectivity index (χ0v) is 12.8. The molecule has 1 aromatic carbocycles. The molecule has 0 saturated heterocycles. The Balaban J connectivity index is 2.46. The molecule has 3 nitrogen and oxygen atoms in total. The molecular weight excluding hydrogens is 321 g/mol. The van der Waals surface area contributed by atoms with Gasteiger partial charge >= 0.3 is 0 Å². The predicted octanol–water partition coefficient (Wildman–Crippen LogP) is 4.46. The van der Waals surface area contributed by atoms with E-state index < -0.39 is 12.2 Å². The number of carbonyl (C=O) groups excluding carboxylic acids is 1. The van der Waals surface area contributed by atoms with Crippen molar-refractivity contribution in [2.75, 3.05) is 0 Å². The third-order valence-electron chi connectivity index (χ3n) is 3.08. The highest BCUT2D eigenvalue weighted by Crippen LogP contribution is 2.28. The van der Waals surface area contributed by atoms with E-state index in [1.807, 2.05) is 0 Å². The first-order valence-corrected chi connectivity index (χ1v) is 6.85. The predicted molar refractivity (Wildman–Crippen MR) is 77.4 cm³/mol. The number of aromatic nitrogens is 2. The van der Waals surface area contributed by atoms with Gasteiger partial charge < -0.3 is 0 Å². The highest BCUT2D eigenvalue weighted by molar-refractivity contribution is 6.42. The van der Waals surface area contributed by atoms with Gasteiger partial charge in [-0.3, -0.25) is 9.48 Å². The Bertz CT molecular complexity index is 699. The molecule has 1 heterocycles. The summed E-state index contributed by atoms with van der Waals surface area (Å²) in [4.78, 5) is 11.7. The smallest absolute Gasteiger partial charge is 0.280 e. The van der Waals surface area contributed by atoms with Gasteiger partial charge in [-0.25, -0.2) is 8.78 Å². The second-order valence-electron chi connectivity index (χ2n) is 4.61. The average Bonchev–Trinajstić information content (AvgIpc) is 2.70. The first-order valence-electron chi connectivity index (χ1n) is 6.10. The summed E-state index contributed by atoms with van der Waals surface area (Å²) < 4.78 is 27.2. The van der Waals surface area contributed by atoms with Crippen LogP contribution in [0.2, 0.25) is 10.0 Å². The molecule has 0 amide bonds. The summed E-state index contributed by atoms with van der Waals surface area (Å²) in [6, 6.07) is 4.96. The molecule has 0 spiro atoms. The van der Waals surface area contributed by atoms with Crippen molar-refractivity contribution in [1.29, 1.82) is 0 Å². The van der Waals surface area contributed by atoms with Crippen LogP contribution in [0.1, 0.15) is 40.7 Å². The monoisotopic (exact) mass is 332 g/mol. The SMILES string of the molecule is CC(=O)c1c(Cc2ccc(Cl)c(Cl)c2)nn(C)c1C(F)F. The van der Waals surface area contributed by atoms with Gasteiger partial charge in [0.15, 0.2) is 5.78 Å². The molecule has 0 bridgehead atoms. The van der Waals surface area contributed by atoms with Gasteiger partial charge in [0.25, 0.3) is 6.43 Å². The molecule has 7 heteroatoms. The number of aryl methyl sites for hydroxylation is 1. The molecule has 0 atom stereocenters. The summed E-state index contributed by atoms with van der Waals surface area (Å²) in [5.74, 6) is -0.437. The minimum absolute atomic E-state index is 0.0291. The Kier molecular flexibility index (Phi) is 4.64. The normalized spacial score (nSPS) is 11.2. The van der Waals surface area contributed by atoms with E-state index >= 15 is 0 Å². The number of benzene rings is 1. The Morgan fingerprint density at radius 2 is 2.00 bits per heavy atom. The third kappa shape index (κ3) is 3.24. The number of ketones is 1. The van der Waals surface area contributed by atoms with Crippen molar-refractivity contribution in [3.8, 4) is 0 Å². The van der Waals surface area contributed by atoms with Gasteiger partial charge in [0, 0.05) is 13.5 Å². The minimum Gasteiger partial charge on any atom is -0.294 e. The molecule has 1 aromatic heterocycles. The Morgan fingerprint density at radius 3 is 2.52 bits per heavy atom. The maximum atomic E-state index is 13.1. The maximum absolute atomic E-state index is 13.1. The van der Waals surface area contributed by atoms with E-state index in [-0.39, 0.29) is 17.7 Å². The van der Waals surface area contributed by atoms with Crippen LogP contribution in [-0.2, 0) is 13.5 Å². The van der Waals surface area contributed by atoms with Crippen LogP contribution in [0.15, 0.2) is 18.2 Å². The molecule has 0 N–H and O–H groups in total. The lowest BCUT2D eigenvalue weighted by Crippen LogP contribution is -2.04. The summed E-state index contributed by atoms with van der Waals surface area (Å²) in [7, 11) is 1.40. The maximum Gasteiger partial charge on any atom is 0.280 e. The largest absolute Gasteiger partial charge is 0.294 e. The van der Waals surface area contributed by atoms with E-state index in [1.54, 1.807) is 18.2 Å². The van der Waals surface area contributed by atoms with Gasteiger partial charge in [-0.15, -0.1) is 0 Å². The lowest BCUT2D eigenvalue weighted by Gasteiger charge is -2.04. The average molecular weight is 333 g/mol. The van der Waals surface area contributed by atoms with E-state index in [0.29, 0.717) is 15.7 Å². The van der Waals surface area contributed by atoms with Crippen LogP contribution in [0.4, 0.5) is 8.78 Å². The molecule has 0 aliphatic rings. The number of rotatable bonds is 4. The summed E-state index contributed by atoms with van der Waals surface area (Å²) in [6.07, 6.45) is -2.53. The molecule has 0 aliphatic carbocycles. The van der Waals surface area contributed by atoms with E-state index in [0.717, 1.165) is 10.2 Å². The molecule has 112 valence electrons. The fourth-order valence-corrected chi connectivity index (χ4v) is 2.52. The first-order chi connectivity index (χ1) is 9.81. The van der Waals surface area contributed by atoms with Crippen molar-refractivity contribution in [2.24, 2.45) is 7.05 Å². The molecule has 0 unspecified atom stereocenters. The molecule has 2 rings (SSSR count). The number of hydrogen-bond acceptors (Lipinski definition) is 2. The standard InChI is InChI=1S/C14H12Cl2F2N2O/c1-7(21)12-11(19-20(2)13(12)14(17)18)6-8-3-4-9(15)10(16)5-8/h3-5,14H,6H2,1-2H3. The molecule has 0 saturated carbocycles. The topological polar surface area (TPSA) is 34.9 Å². The van der Waals surface area contributed by atoms with E-state index in [2.05, 4.69) is 5.10 Å². The molecule has 0 radical (unpaired) electrons. The number of carbonyl (C=O) groups is 1. The highest BCUT2D eigenvalue weighted by atomic mass is 35.5.